The molecule has 3 rings (SSSR count). The number of hydrogen-bond acceptors (Lipinski definition) is 3. The molecule has 0 amide bonds. The van der Waals surface area contributed by atoms with Gasteiger partial charge in [0.1, 0.15) is 5.50 Å². The van der Waals surface area contributed by atoms with E-state index in [-0.39, 0.29) is 10.8 Å². The molecular formula is C19H15Cl3N2S2. The lowest BCUT2D eigenvalue weighted by Gasteiger charge is -2.23. The van der Waals surface area contributed by atoms with Crippen LogP contribution >= 0.6 is 58.8 Å². The first-order valence-corrected chi connectivity index (χ1v) is 10.3. The molecule has 0 saturated carbocycles. The van der Waals surface area contributed by atoms with Gasteiger partial charge >= 0.3 is 0 Å². The minimum Gasteiger partial charge on any atom is -0.319 e. The summed E-state index contributed by atoms with van der Waals surface area (Å²) in [5, 5.41) is 1.34. The third kappa shape index (κ3) is 5.24. The van der Waals surface area contributed by atoms with Gasteiger partial charge in [-0.05, 0) is 35.4 Å². The SMILES string of the molecule is S=C(Cc1ccc(Cl)cc1)SC(c1ccc(Cl)cc1)C(Cl)n1ccnc1. The molecule has 26 heavy (non-hydrogen) atoms. The fourth-order valence-electron chi connectivity index (χ4n) is 2.46. The lowest BCUT2D eigenvalue weighted by atomic mass is 10.1. The Bertz CT molecular complexity index is 850. The van der Waals surface area contributed by atoms with Gasteiger partial charge in [-0.15, -0.1) is 11.8 Å². The molecule has 0 fully saturated rings. The molecule has 0 spiro atoms. The van der Waals surface area contributed by atoms with Crippen LogP contribution in [0.1, 0.15) is 21.9 Å². The number of nitrogens with zero attached hydrogens (tertiary/aromatic N) is 2. The zero-order valence-electron chi connectivity index (χ0n) is 13.6. The lowest BCUT2D eigenvalue weighted by molar-refractivity contribution is 0.653. The van der Waals surface area contributed by atoms with Crippen LogP contribution in [0.15, 0.2) is 67.3 Å². The molecule has 7 heteroatoms. The molecule has 0 aliphatic heterocycles. The second-order valence-corrected chi connectivity index (χ2v) is 8.96. The van der Waals surface area contributed by atoms with Crippen LogP contribution in [0, 0.1) is 0 Å². The van der Waals surface area contributed by atoms with Gasteiger partial charge in [0.05, 0.1) is 15.8 Å². The van der Waals surface area contributed by atoms with Crippen molar-refractivity contribution in [2.75, 3.05) is 0 Å². The second-order valence-electron chi connectivity index (χ2n) is 5.65. The summed E-state index contributed by atoms with van der Waals surface area (Å²) in [5.74, 6) is 0. The molecule has 0 bridgehead atoms. The Morgan fingerprint density at radius 3 is 2.23 bits per heavy atom. The minimum atomic E-state index is -0.327. The Labute approximate surface area is 177 Å². The predicted octanol–water partition coefficient (Wildman–Crippen LogP) is 6.97. The van der Waals surface area contributed by atoms with Gasteiger partial charge < -0.3 is 4.57 Å². The van der Waals surface area contributed by atoms with Crippen molar-refractivity contribution < 1.29 is 0 Å². The normalized spacial score (nSPS) is 13.3. The van der Waals surface area contributed by atoms with Crippen LogP contribution in [0.5, 0.6) is 0 Å². The molecule has 0 aliphatic rings. The average Bonchev–Trinajstić information content (AvgIpc) is 3.17. The Kier molecular flexibility index (Phi) is 7.01. The van der Waals surface area contributed by atoms with Crippen LogP contribution in [0.4, 0.5) is 0 Å². The first-order chi connectivity index (χ1) is 12.5. The number of rotatable bonds is 6. The topological polar surface area (TPSA) is 17.8 Å². The number of thioether (sulfide) groups is 1. The smallest absolute Gasteiger partial charge is 0.125 e. The zero-order chi connectivity index (χ0) is 18.5. The van der Waals surface area contributed by atoms with E-state index in [1.165, 1.54) is 0 Å². The summed E-state index contributed by atoms with van der Waals surface area (Å²) in [4.78, 5) is 4.09. The first kappa shape index (κ1) is 19.7. The minimum absolute atomic E-state index is 0.0667. The molecule has 2 unspecified atom stereocenters. The maximum absolute atomic E-state index is 6.75. The third-order valence-corrected chi connectivity index (χ3v) is 6.53. The number of imidazole rings is 1. The van der Waals surface area contributed by atoms with Crippen molar-refractivity contribution in [1.29, 1.82) is 0 Å². The van der Waals surface area contributed by atoms with Gasteiger partial charge in [-0.25, -0.2) is 4.98 Å². The van der Waals surface area contributed by atoms with Crippen LogP contribution in [-0.2, 0) is 6.42 Å². The number of thiocarbonyl (C=S) groups is 1. The van der Waals surface area contributed by atoms with E-state index < -0.39 is 0 Å². The van der Waals surface area contributed by atoms with Crippen LogP contribution in [0.2, 0.25) is 10.0 Å². The van der Waals surface area contributed by atoms with E-state index in [0.29, 0.717) is 16.5 Å². The summed E-state index contributed by atoms with van der Waals surface area (Å²) >= 11 is 26.0. The van der Waals surface area contributed by atoms with Gasteiger partial charge in [0, 0.05) is 28.9 Å². The summed E-state index contributed by atoms with van der Waals surface area (Å²) in [7, 11) is 0. The fourth-order valence-corrected chi connectivity index (χ4v) is 4.68. The highest BCUT2D eigenvalue weighted by Gasteiger charge is 2.25. The summed E-state index contributed by atoms with van der Waals surface area (Å²) in [6.07, 6.45) is 5.95. The summed E-state index contributed by atoms with van der Waals surface area (Å²) < 4.78 is 2.73. The average molecular weight is 442 g/mol. The lowest BCUT2D eigenvalue weighted by Crippen LogP contribution is -2.12. The van der Waals surface area contributed by atoms with E-state index >= 15 is 0 Å². The highest BCUT2D eigenvalue weighted by Crippen LogP contribution is 2.42. The number of halogens is 3. The van der Waals surface area contributed by atoms with Gasteiger partial charge in [-0.2, -0.15) is 0 Å². The molecule has 1 heterocycles. The third-order valence-electron chi connectivity index (χ3n) is 3.78. The predicted molar refractivity (Wildman–Crippen MR) is 117 cm³/mol. The van der Waals surface area contributed by atoms with Crippen LogP contribution < -0.4 is 0 Å². The van der Waals surface area contributed by atoms with Crippen molar-refractivity contribution >= 4 is 63.0 Å². The van der Waals surface area contributed by atoms with Crippen LogP contribution in [-0.4, -0.2) is 13.7 Å². The largest absolute Gasteiger partial charge is 0.319 e. The molecule has 134 valence electrons. The van der Waals surface area contributed by atoms with E-state index in [1.807, 2.05) is 59.3 Å². The van der Waals surface area contributed by atoms with E-state index in [1.54, 1.807) is 24.3 Å². The van der Waals surface area contributed by atoms with Gasteiger partial charge in [0.25, 0.3) is 0 Å². The number of aromatic nitrogens is 2. The van der Waals surface area contributed by atoms with Crippen molar-refractivity contribution in [2.24, 2.45) is 0 Å². The molecule has 2 nitrogen and oxygen atoms in total. The molecule has 0 radical (unpaired) electrons. The molecule has 1 aromatic heterocycles. The maximum atomic E-state index is 6.75. The standard InChI is InChI=1S/C19H15Cl3N2S2/c20-15-5-1-13(2-6-15)11-17(25)26-18(14-3-7-16(21)8-4-14)19(22)24-10-9-23-12-24/h1-10,12,18-19H,11H2. The summed E-state index contributed by atoms with van der Waals surface area (Å²) in [6.45, 7) is 0. The fraction of sp³-hybridized carbons (Fsp3) is 0.158. The molecule has 0 N–H and O–H groups in total. The molecule has 0 saturated heterocycles. The van der Waals surface area contributed by atoms with Crippen molar-refractivity contribution in [1.82, 2.24) is 9.55 Å². The first-order valence-electron chi connectivity index (χ1n) is 7.84. The second kappa shape index (κ2) is 9.25. The Balaban J connectivity index is 1.79. The monoisotopic (exact) mass is 440 g/mol. The van der Waals surface area contributed by atoms with Crippen molar-refractivity contribution in [2.45, 2.75) is 17.2 Å². The Hall–Kier alpha value is -1.04. The van der Waals surface area contributed by atoms with Gasteiger partial charge in [-0.1, -0.05) is 71.3 Å². The van der Waals surface area contributed by atoms with E-state index in [9.17, 15) is 0 Å². The number of alkyl halides is 1. The maximum Gasteiger partial charge on any atom is 0.125 e. The number of benzene rings is 2. The molecule has 3 aromatic rings. The highest BCUT2D eigenvalue weighted by molar-refractivity contribution is 8.23. The quantitative estimate of drug-likeness (QED) is 0.304. The van der Waals surface area contributed by atoms with Gasteiger partial charge in [0.2, 0.25) is 0 Å². The molecule has 0 aliphatic carbocycles. The summed E-state index contributed by atoms with van der Waals surface area (Å²) in [6, 6.07) is 15.4. The van der Waals surface area contributed by atoms with E-state index in [4.69, 9.17) is 47.0 Å². The van der Waals surface area contributed by atoms with Gasteiger partial charge in [0.15, 0.2) is 0 Å². The summed E-state index contributed by atoms with van der Waals surface area (Å²) in [5.41, 5.74) is 1.86. The molecule has 2 atom stereocenters. The van der Waals surface area contributed by atoms with E-state index in [2.05, 4.69) is 4.98 Å². The Morgan fingerprint density at radius 1 is 1.04 bits per heavy atom. The zero-order valence-corrected chi connectivity index (χ0v) is 17.5. The molecular weight excluding hydrogens is 427 g/mol. The highest BCUT2D eigenvalue weighted by atomic mass is 35.5. The van der Waals surface area contributed by atoms with Gasteiger partial charge in [-0.3, -0.25) is 0 Å². The molecule has 2 aromatic carbocycles. The van der Waals surface area contributed by atoms with Crippen molar-refractivity contribution in [3.63, 3.8) is 0 Å². The van der Waals surface area contributed by atoms with Crippen molar-refractivity contribution in [3.05, 3.63) is 88.4 Å². The van der Waals surface area contributed by atoms with E-state index in [0.717, 1.165) is 15.3 Å². The van der Waals surface area contributed by atoms with Crippen LogP contribution in [0.3, 0.4) is 0 Å². The Morgan fingerprint density at radius 2 is 1.65 bits per heavy atom. The van der Waals surface area contributed by atoms with Crippen molar-refractivity contribution in [3.8, 4) is 0 Å². The van der Waals surface area contributed by atoms with Crippen LogP contribution in [0.25, 0.3) is 0 Å². The number of hydrogen-bond donors (Lipinski definition) is 0.